The normalized spacial score (nSPS) is 12.8. The number of nitrogens with one attached hydrogen (secondary N) is 1. The summed E-state index contributed by atoms with van der Waals surface area (Å²) in [5, 5.41) is 12.5. The lowest BCUT2D eigenvalue weighted by Crippen LogP contribution is -2.20. The molecule has 4 N–H and O–H groups in total. The summed E-state index contributed by atoms with van der Waals surface area (Å²) >= 11 is 0. The van der Waals surface area contributed by atoms with Crippen molar-refractivity contribution >= 4 is 0 Å². The molecule has 0 aliphatic rings. The van der Waals surface area contributed by atoms with Crippen LogP contribution < -0.4 is 11.1 Å². The van der Waals surface area contributed by atoms with E-state index in [0.717, 1.165) is 17.7 Å². The quantitative estimate of drug-likeness (QED) is 0.599. The average Bonchev–Trinajstić information content (AvgIpc) is 2.18. The number of nitrogens with two attached hydrogens (primary N) is 1. The van der Waals surface area contributed by atoms with Crippen LogP contribution in [0.1, 0.15) is 24.3 Å². The molecule has 1 rings (SSSR count). The van der Waals surface area contributed by atoms with E-state index in [2.05, 4.69) is 5.32 Å². The Hall–Kier alpha value is -0.900. The van der Waals surface area contributed by atoms with Gasteiger partial charge < -0.3 is 10.8 Å². The molecule has 13 heavy (non-hydrogen) atoms. The van der Waals surface area contributed by atoms with Crippen LogP contribution in [0.4, 0.5) is 0 Å². The number of aliphatic hydroxyl groups excluding tert-OH is 1. The summed E-state index contributed by atoms with van der Waals surface area (Å²) in [7, 11) is 0. The van der Waals surface area contributed by atoms with Crippen molar-refractivity contribution in [2.24, 2.45) is 5.73 Å². The summed E-state index contributed by atoms with van der Waals surface area (Å²) in [5.41, 5.74) is 7.41. The molecule has 0 radical (unpaired) electrons. The van der Waals surface area contributed by atoms with Crippen molar-refractivity contribution in [3.63, 3.8) is 0 Å². The Balaban J connectivity index is 2.67. The fourth-order valence-corrected chi connectivity index (χ4v) is 1.15. The van der Waals surface area contributed by atoms with Gasteiger partial charge in [-0.1, -0.05) is 31.2 Å². The van der Waals surface area contributed by atoms with Gasteiger partial charge in [0.15, 0.2) is 0 Å². The van der Waals surface area contributed by atoms with Gasteiger partial charge in [-0.3, -0.25) is 5.32 Å². The smallest absolute Gasteiger partial charge is 0.131 e. The fraction of sp³-hybridized carbons (Fsp3) is 0.400. The van der Waals surface area contributed by atoms with Crippen LogP contribution in [-0.2, 0) is 6.54 Å². The highest BCUT2D eigenvalue weighted by Crippen LogP contribution is 2.10. The lowest BCUT2D eigenvalue weighted by molar-refractivity contribution is 0.141. The molecule has 3 heteroatoms. The molecule has 0 fully saturated rings. The third kappa shape index (κ3) is 2.81. The molecule has 0 bridgehead atoms. The van der Waals surface area contributed by atoms with Gasteiger partial charge in [0.2, 0.25) is 0 Å². The molecule has 0 heterocycles. The highest BCUT2D eigenvalue weighted by molar-refractivity contribution is 5.23. The highest BCUT2D eigenvalue weighted by atomic mass is 16.3. The third-order valence-electron chi connectivity index (χ3n) is 1.93. The lowest BCUT2D eigenvalue weighted by atomic mass is 10.1. The van der Waals surface area contributed by atoms with Gasteiger partial charge in [-0.25, -0.2) is 0 Å². The van der Waals surface area contributed by atoms with Crippen LogP contribution in [0.5, 0.6) is 0 Å². The Bertz CT molecular complexity index is 246. The van der Waals surface area contributed by atoms with Crippen molar-refractivity contribution in [3.8, 4) is 0 Å². The zero-order chi connectivity index (χ0) is 9.68. The Kier molecular flexibility index (Phi) is 3.89. The lowest BCUT2D eigenvalue weighted by Gasteiger charge is -2.11. The second kappa shape index (κ2) is 4.97. The van der Waals surface area contributed by atoms with Crippen molar-refractivity contribution in [3.05, 3.63) is 35.4 Å². The number of hydrogen-bond acceptors (Lipinski definition) is 3. The summed E-state index contributed by atoms with van der Waals surface area (Å²) < 4.78 is 0. The van der Waals surface area contributed by atoms with Crippen molar-refractivity contribution in [2.75, 3.05) is 6.54 Å². The van der Waals surface area contributed by atoms with Crippen LogP contribution in [-0.4, -0.2) is 11.7 Å². The largest absolute Gasteiger partial charge is 0.374 e. The zero-order valence-corrected chi connectivity index (χ0v) is 7.83. The number of benzene rings is 1. The molecule has 1 aromatic rings. The number of aliphatic hydroxyl groups is 1. The van der Waals surface area contributed by atoms with E-state index in [9.17, 15) is 5.11 Å². The molecule has 72 valence electrons. The van der Waals surface area contributed by atoms with E-state index in [-0.39, 0.29) is 0 Å². The summed E-state index contributed by atoms with van der Waals surface area (Å²) in [5.74, 6) is 0. The van der Waals surface area contributed by atoms with Gasteiger partial charge in [0, 0.05) is 6.54 Å². The minimum Gasteiger partial charge on any atom is -0.374 e. The van der Waals surface area contributed by atoms with Crippen LogP contribution in [0, 0.1) is 0 Å². The van der Waals surface area contributed by atoms with Gasteiger partial charge in [-0.15, -0.1) is 0 Å². The Labute approximate surface area is 78.6 Å². The first-order chi connectivity index (χ1) is 6.27. The van der Waals surface area contributed by atoms with Crippen molar-refractivity contribution in [2.45, 2.75) is 19.7 Å². The predicted molar refractivity (Wildman–Crippen MR) is 53.0 cm³/mol. The molecule has 0 aromatic heterocycles. The summed E-state index contributed by atoms with van der Waals surface area (Å²) in [6.07, 6.45) is -0.572. The monoisotopic (exact) mass is 180 g/mol. The molecule has 0 spiro atoms. The maximum Gasteiger partial charge on any atom is 0.131 e. The van der Waals surface area contributed by atoms with Gasteiger partial charge in [0.05, 0.1) is 0 Å². The predicted octanol–water partition coefficient (Wildman–Crippen LogP) is 0.746. The number of hydrogen-bond donors (Lipinski definition) is 3. The SMILES string of the molecule is CCNC(O)c1ccc(CN)cc1. The molecular weight excluding hydrogens is 164 g/mol. The molecule has 0 aliphatic carbocycles. The topological polar surface area (TPSA) is 58.3 Å². The number of rotatable bonds is 4. The Morgan fingerprint density at radius 3 is 2.46 bits per heavy atom. The molecular formula is C10H16N2O. The van der Waals surface area contributed by atoms with Gasteiger partial charge >= 0.3 is 0 Å². The standard InChI is InChI=1S/C10H16N2O/c1-2-12-10(13)9-5-3-8(7-11)4-6-9/h3-6,10,12-13H,2,7,11H2,1H3. The summed E-state index contributed by atoms with van der Waals surface area (Å²) in [4.78, 5) is 0. The molecule has 0 saturated heterocycles. The summed E-state index contributed by atoms with van der Waals surface area (Å²) in [6, 6.07) is 7.62. The maximum atomic E-state index is 9.54. The van der Waals surface area contributed by atoms with Gasteiger partial charge in [0.25, 0.3) is 0 Å². The summed E-state index contributed by atoms with van der Waals surface area (Å²) in [6.45, 7) is 3.24. The van der Waals surface area contributed by atoms with E-state index in [0.29, 0.717) is 6.54 Å². The van der Waals surface area contributed by atoms with Gasteiger partial charge in [-0.05, 0) is 17.7 Å². The van der Waals surface area contributed by atoms with Crippen molar-refractivity contribution < 1.29 is 5.11 Å². The van der Waals surface area contributed by atoms with Gasteiger partial charge in [-0.2, -0.15) is 0 Å². The van der Waals surface area contributed by atoms with E-state index in [1.165, 1.54) is 0 Å². The van der Waals surface area contributed by atoms with Crippen LogP contribution in [0.15, 0.2) is 24.3 Å². The molecule has 3 nitrogen and oxygen atoms in total. The molecule has 1 aromatic carbocycles. The van der Waals surface area contributed by atoms with E-state index < -0.39 is 6.23 Å². The first kappa shape index (κ1) is 10.2. The van der Waals surface area contributed by atoms with Crippen LogP contribution in [0.3, 0.4) is 0 Å². The van der Waals surface area contributed by atoms with E-state index in [4.69, 9.17) is 5.73 Å². The van der Waals surface area contributed by atoms with Crippen LogP contribution in [0.2, 0.25) is 0 Å². The second-order valence-corrected chi connectivity index (χ2v) is 2.91. The van der Waals surface area contributed by atoms with Gasteiger partial charge in [0.1, 0.15) is 6.23 Å². The zero-order valence-electron chi connectivity index (χ0n) is 7.83. The third-order valence-corrected chi connectivity index (χ3v) is 1.93. The molecule has 1 unspecified atom stereocenters. The molecule has 1 atom stereocenters. The Morgan fingerprint density at radius 2 is 2.00 bits per heavy atom. The fourth-order valence-electron chi connectivity index (χ4n) is 1.15. The maximum absolute atomic E-state index is 9.54. The average molecular weight is 180 g/mol. The van der Waals surface area contributed by atoms with Crippen molar-refractivity contribution in [1.82, 2.24) is 5.32 Å². The molecule has 0 amide bonds. The molecule has 0 aliphatic heterocycles. The van der Waals surface area contributed by atoms with E-state index in [1.54, 1.807) is 0 Å². The van der Waals surface area contributed by atoms with E-state index in [1.807, 2.05) is 31.2 Å². The minimum atomic E-state index is -0.572. The first-order valence-electron chi connectivity index (χ1n) is 4.48. The Morgan fingerprint density at radius 1 is 1.38 bits per heavy atom. The second-order valence-electron chi connectivity index (χ2n) is 2.91. The highest BCUT2D eigenvalue weighted by Gasteiger charge is 2.03. The van der Waals surface area contributed by atoms with Crippen LogP contribution >= 0.6 is 0 Å². The van der Waals surface area contributed by atoms with Crippen LogP contribution in [0.25, 0.3) is 0 Å². The minimum absolute atomic E-state index is 0.539. The van der Waals surface area contributed by atoms with E-state index >= 15 is 0 Å². The first-order valence-corrected chi connectivity index (χ1v) is 4.48. The van der Waals surface area contributed by atoms with Crippen molar-refractivity contribution in [1.29, 1.82) is 0 Å². The molecule has 0 saturated carbocycles.